The monoisotopic (exact) mass is 416 g/mol. The maximum Gasteiger partial charge on any atom is 0.416 e. The van der Waals surface area contributed by atoms with Gasteiger partial charge < -0.3 is 16.4 Å². The van der Waals surface area contributed by atoms with Gasteiger partial charge in [0.1, 0.15) is 0 Å². The fourth-order valence-corrected chi connectivity index (χ4v) is 2.84. The maximum atomic E-state index is 13.1. The molecule has 30 heavy (non-hydrogen) atoms. The average Bonchev–Trinajstić information content (AvgIpc) is 2.65. The molecule has 3 rings (SSSR count). The highest BCUT2D eigenvalue weighted by Crippen LogP contribution is 2.32. The van der Waals surface area contributed by atoms with E-state index in [2.05, 4.69) is 46.4 Å². The molecule has 4 N–H and O–H groups in total. The minimum atomic E-state index is -4.44. The summed E-state index contributed by atoms with van der Waals surface area (Å²) in [6.45, 7) is 6.25. The van der Waals surface area contributed by atoms with E-state index in [0.717, 1.165) is 11.8 Å². The molecule has 2 aromatic carbocycles. The first-order chi connectivity index (χ1) is 14.0. The predicted octanol–water partition coefficient (Wildman–Crippen LogP) is 5.13. The summed E-state index contributed by atoms with van der Waals surface area (Å²) in [6, 6.07) is 13.1. The Morgan fingerprint density at radius 1 is 0.867 bits per heavy atom. The van der Waals surface area contributed by atoms with Gasteiger partial charge in [-0.3, -0.25) is 0 Å². The van der Waals surface area contributed by atoms with Crippen LogP contribution in [0.25, 0.3) is 0 Å². The second-order valence-electron chi connectivity index (χ2n) is 7.80. The Balaban J connectivity index is 1.75. The van der Waals surface area contributed by atoms with Crippen LogP contribution in [0.1, 0.15) is 37.5 Å². The quantitative estimate of drug-likeness (QED) is 0.535. The molecule has 1 heterocycles. The van der Waals surface area contributed by atoms with Crippen LogP contribution in [0, 0.1) is 0 Å². The molecule has 0 bridgehead atoms. The lowest BCUT2D eigenvalue weighted by molar-refractivity contribution is -0.138. The van der Waals surface area contributed by atoms with Gasteiger partial charge in [0.15, 0.2) is 0 Å². The van der Waals surface area contributed by atoms with Crippen LogP contribution in [-0.4, -0.2) is 15.0 Å². The fraction of sp³-hybridized carbons (Fsp3) is 0.286. The molecule has 6 nitrogen and oxygen atoms in total. The summed E-state index contributed by atoms with van der Waals surface area (Å²) >= 11 is 0. The largest absolute Gasteiger partial charge is 0.416 e. The zero-order chi connectivity index (χ0) is 21.9. The van der Waals surface area contributed by atoms with Gasteiger partial charge in [0.25, 0.3) is 0 Å². The van der Waals surface area contributed by atoms with E-state index in [-0.39, 0.29) is 35.4 Å². The third-order valence-corrected chi connectivity index (χ3v) is 4.42. The lowest BCUT2D eigenvalue weighted by Crippen LogP contribution is -2.14. The minimum Gasteiger partial charge on any atom is -0.368 e. The van der Waals surface area contributed by atoms with Crippen LogP contribution < -0.4 is 16.4 Å². The van der Waals surface area contributed by atoms with Crippen LogP contribution in [0.2, 0.25) is 0 Å². The van der Waals surface area contributed by atoms with E-state index < -0.39 is 11.7 Å². The smallest absolute Gasteiger partial charge is 0.368 e. The van der Waals surface area contributed by atoms with E-state index in [4.69, 9.17) is 5.73 Å². The van der Waals surface area contributed by atoms with Gasteiger partial charge in [-0.05, 0) is 34.7 Å². The molecule has 1 aromatic heterocycles. The summed E-state index contributed by atoms with van der Waals surface area (Å²) in [4.78, 5) is 12.2. The van der Waals surface area contributed by atoms with E-state index in [1.54, 1.807) is 6.07 Å². The molecule has 0 atom stereocenters. The standard InChI is InChI=1S/C21H23F3N6/c1-20(2,3)14-8-10-15(11-9-14)27-19-29-17(25)28-18(30-19)26-12-13-6-4-5-7-16(13)21(22,23)24/h4-11H,12H2,1-3H3,(H4,25,26,27,28,29,30). The Morgan fingerprint density at radius 2 is 1.50 bits per heavy atom. The number of alkyl halides is 3. The molecule has 0 saturated heterocycles. The number of benzene rings is 2. The Morgan fingerprint density at radius 3 is 2.13 bits per heavy atom. The number of nitrogens with zero attached hydrogens (tertiary/aromatic N) is 3. The number of nitrogens with one attached hydrogen (secondary N) is 2. The van der Waals surface area contributed by atoms with Gasteiger partial charge in [-0.2, -0.15) is 28.1 Å². The molecule has 0 spiro atoms. The summed E-state index contributed by atoms with van der Waals surface area (Å²) < 4.78 is 39.4. The minimum absolute atomic E-state index is 0.0277. The molecule has 158 valence electrons. The maximum absolute atomic E-state index is 13.1. The molecular formula is C21H23F3N6. The molecule has 0 aliphatic rings. The van der Waals surface area contributed by atoms with Crippen molar-refractivity contribution in [2.45, 2.75) is 38.9 Å². The van der Waals surface area contributed by atoms with Gasteiger partial charge in [-0.1, -0.05) is 51.1 Å². The van der Waals surface area contributed by atoms with Crippen molar-refractivity contribution in [1.29, 1.82) is 0 Å². The third kappa shape index (κ3) is 5.37. The normalized spacial score (nSPS) is 11.9. The van der Waals surface area contributed by atoms with E-state index in [0.29, 0.717) is 0 Å². The van der Waals surface area contributed by atoms with Crippen molar-refractivity contribution in [2.75, 3.05) is 16.4 Å². The van der Waals surface area contributed by atoms with Crippen molar-refractivity contribution in [3.05, 3.63) is 65.2 Å². The molecule has 9 heteroatoms. The number of nitrogen functional groups attached to an aromatic ring is 1. The van der Waals surface area contributed by atoms with E-state index in [1.807, 2.05) is 24.3 Å². The van der Waals surface area contributed by atoms with Gasteiger partial charge in [-0.25, -0.2) is 0 Å². The topological polar surface area (TPSA) is 88.8 Å². The fourth-order valence-electron chi connectivity index (χ4n) is 2.84. The van der Waals surface area contributed by atoms with Gasteiger partial charge in [-0.15, -0.1) is 0 Å². The van der Waals surface area contributed by atoms with Crippen LogP contribution in [0.15, 0.2) is 48.5 Å². The zero-order valence-corrected chi connectivity index (χ0v) is 16.9. The lowest BCUT2D eigenvalue weighted by atomic mass is 9.87. The van der Waals surface area contributed by atoms with Gasteiger partial charge >= 0.3 is 6.18 Å². The Hall–Kier alpha value is -3.36. The number of hydrogen-bond acceptors (Lipinski definition) is 6. The van der Waals surface area contributed by atoms with Gasteiger partial charge in [0.2, 0.25) is 17.8 Å². The second-order valence-corrected chi connectivity index (χ2v) is 7.80. The van der Waals surface area contributed by atoms with Crippen molar-refractivity contribution < 1.29 is 13.2 Å². The number of halogens is 3. The molecule has 0 fully saturated rings. The van der Waals surface area contributed by atoms with Crippen molar-refractivity contribution in [3.63, 3.8) is 0 Å². The molecule has 0 radical (unpaired) electrons. The second kappa shape index (κ2) is 8.17. The van der Waals surface area contributed by atoms with Crippen LogP contribution in [0.4, 0.5) is 36.7 Å². The van der Waals surface area contributed by atoms with Crippen LogP contribution in [0.5, 0.6) is 0 Å². The number of nitrogens with two attached hydrogens (primary N) is 1. The van der Waals surface area contributed by atoms with E-state index in [9.17, 15) is 13.2 Å². The van der Waals surface area contributed by atoms with Crippen molar-refractivity contribution in [3.8, 4) is 0 Å². The van der Waals surface area contributed by atoms with Crippen molar-refractivity contribution in [1.82, 2.24) is 15.0 Å². The lowest BCUT2D eigenvalue weighted by Gasteiger charge is -2.19. The van der Waals surface area contributed by atoms with Crippen LogP contribution in [0.3, 0.4) is 0 Å². The molecule has 0 saturated carbocycles. The molecule has 0 amide bonds. The van der Waals surface area contributed by atoms with Gasteiger partial charge in [0.05, 0.1) is 5.56 Å². The summed E-state index contributed by atoms with van der Waals surface area (Å²) in [5.41, 5.74) is 7.06. The van der Waals surface area contributed by atoms with Crippen LogP contribution >= 0.6 is 0 Å². The molecule has 0 aliphatic heterocycles. The van der Waals surface area contributed by atoms with Gasteiger partial charge in [0, 0.05) is 12.2 Å². The molecule has 0 unspecified atom stereocenters. The highest BCUT2D eigenvalue weighted by atomic mass is 19.4. The summed E-state index contributed by atoms with van der Waals surface area (Å²) in [5, 5.41) is 5.82. The van der Waals surface area contributed by atoms with Crippen LogP contribution in [-0.2, 0) is 18.1 Å². The highest BCUT2D eigenvalue weighted by molar-refractivity contribution is 5.56. The Labute approximate surface area is 172 Å². The van der Waals surface area contributed by atoms with E-state index in [1.165, 1.54) is 17.7 Å². The third-order valence-electron chi connectivity index (χ3n) is 4.42. The molecule has 0 aliphatic carbocycles. The number of hydrogen-bond donors (Lipinski definition) is 3. The average molecular weight is 416 g/mol. The molecule has 3 aromatic rings. The number of aromatic nitrogens is 3. The Bertz CT molecular complexity index is 1010. The summed E-state index contributed by atoms with van der Waals surface area (Å²) in [7, 11) is 0. The molecular weight excluding hydrogens is 393 g/mol. The first kappa shape index (κ1) is 21.4. The van der Waals surface area contributed by atoms with E-state index >= 15 is 0 Å². The number of rotatable bonds is 5. The predicted molar refractivity (Wildman–Crippen MR) is 111 cm³/mol. The first-order valence-electron chi connectivity index (χ1n) is 9.30. The SMILES string of the molecule is CC(C)(C)c1ccc(Nc2nc(N)nc(NCc3ccccc3C(F)(F)F)n2)cc1. The summed E-state index contributed by atoms with van der Waals surface area (Å²) in [6.07, 6.45) is -4.44. The van der Waals surface area contributed by atoms with Crippen molar-refractivity contribution in [2.24, 2.45) is 0 Å². The number of anilines is 4. The summed E-state index contributed by atoms with van der Waals surface area (Å²) in [5.74, 6) is 0.219. The zero-order valence-electron chi connectivity index (χ0n) is 16.9. The van der Waals surface area contributed by atoms with Crippen molar-refractivity contribution >= 4 is 23.5 Å². The first-order valence-corrected chi connectivity index (χ1v) is 9.30. The Kier molecular flexibility index (Phi) is 5.82. The highest BCUT2D eigenvalue weighted by Gasteiger charge is 2.32.